The van der Waals surface area contributed by atoms with Crippen LogP contribution in [0.15, 0.2) is 18.2 Å². The Morgan fingerprint density at radius 1 is 1.24 bits per heavy atom. The maximum absolute atomic E-state index is 11.7. The van der Waals surface area contributed by atoms with E-state index in [2.05, 4.69) is 5.32 Å². The van der Waals surface area contributed by atoms with E-state index in [0.29, 0.717) is 11.3 Å². The molecule has 0 atom stereocenters. The van der Waals surface area contributed by atoms with E-state index >= 15 is 0 Å². The van der Waals surface area contributed by atoms with E-state index in [4.69, 9.17) is 9.84 Å². The first-order valence-corrected chi connectivity index (χ1v) is 6.44. The molecule has 0 saturated carbocycles. The molecular weight excluding hydrogens is 274 g/mol. The number of aryl methyl sites for hydroxylation is 1. The summed E-state index contributed by atoms with van der Waals surface area (Å²) in [6, 6.07) is 4.92. The summed E-state index contributed by atoms with van der Waals surface area (Å²) in [5.41, 5.74) is 1.17. The summed E-state index contributed by atoms with van der Waals surface area (Å²) in [5.74, 6) is -2.38. The van der Waals surface area contributed by atoms with Crippen LogP contribution in [0.5, 0.6) is 0 Å². The molecule has 0 saturated heterocycles. The minimum absolute atomic E-state index is 0.224. The maximum atomic E-state index is 11.7. The second-order valence-electron chi connectivity index (χ2n) is 5.68. The quantitative estimate of drug-likeness (QED) is 0.832. The van der Waals surface area contributed by atoms with Crippen molar-refractivity contribution in [2.75, 3.05) is 5.32 Å². The van der Waals surface area contributed by atoms with Crippen molar-refractivity contribution < 1.29 is 24.2 Å². The van der Waals surface area contributed by atoms with Gasteiger partial charge in [-0.1, -0.05) is 12.1 Å². The first-order chi connectivity index (χ1) is 9.58. The Kier molecular flexibility index (Phi) is 5.07. The number of aliphatic carboxylic acids is 1. The standard InChI is InChI=1S/C15H19NO5/c1-9-5-6-10(8-12(17)13(18)19)7-11(9)16-14(20)21-15(2,3)4/h5-7H,8H2,1-4H3,(H,16,20)(H,18,19). The minimum atomic E-state index is -1.47. The van der Waals surface area contributed by atoms with Gasteiger partial charge in [-0.15, -0.1) is 0 Å². The highest BCUT2D eigenvalue weighted by Gasteiger charge is 2.17. The molecule has 0 aliphatic heterocycles. The van der Waals surface area contributed by atoms with E-state index in [-0.39, 0.29) is 6.42 Å². The Morgan fingerprint density at radius 3 is 2.38 bits per heavy atom. The van der Waals surface area contributed by atoms with Crippen molar-refractivity contribution in [3.8, 4) is 0 Å². The Bertz CT molecular complexity index is 572. The highest BCUT2D eigenvalue weighted by atomic mass is 16.6. The number of carbonyl (C=O) groups excluding carboxylic acids is 2. The number of ketones is 1. The minimum Gasteiger partial charge on any atom is -0.475 e. The van der Waals surface area contributed by atoms with Crippen LogP contribution in [0.4, 0.5) is 10.5 Å². The molecule has 2 N–H and O–H groups in total. The highest BCUT2D eigenvalue weighted by molar-refractivity contribution is 6.33. The lowest BCUT2D eigenvalue weighted by molar-refractivity contribution is -0.148. The number of carboxylic acids is 1. The molecule has 114 valence electrons. The molecule has 0 spiro atoms. The number of ether oxygens (including phenoxy) is 1. The van der Waals surface area contributed by atoms with Gasteiger partial charge in [0.25, 0.3) is 0 Å². The lowest BCUT2D eigenvalue weighted by Crippen LogP contribution is -2.27. The number of rotatable bonds is 4. The monoisotopic (exact) mass is 293 g/mol. The molecule has 0 radical (unpaired) electrons. The molecule has 0 unspecified atom stereocenters. The number of Topliss-reactive ketones (excluding diaryl/α,β-unsaturated/α-hetero) is 1. The van der Waals surface area contributed by atoms with Crippen LogP contribution in [-0.2, 0) is 20.7 Å². The van der Waals surface area contributed by atoms with Crippen molar-refractivity contribution in [2.45, 2.75) is 39.7 Å². The van der Waals surface area contributed by atoms with E-state index in [1.54, 1.807) is 45.9 Å². The van der Waals surface area contributed by atoms with E-state index in [1.165, 1.54) is 0 Å². The molecule has 1 aromatic rings. The Balaban J connectivity index is 2.85. The average molecular weight is 293 g/mol. The van der Waals surface area contributed by atoms with Gasteiger partial charge in [0.1, 0.15) is 5.60 Å². The van der Waals surface area contributed by atoms with E-state index in [9.17, 15) is 14.4 Å². The molecule has 1 rings (SSSR count). The summed E-state index contributed by atoms with van der Waals surface area (Å²) in [6.07, 6.45) is -0.828. The van der Waals surface area contributed by atoms with Crippen LogP contribution in [0.2, 0.25) is 0 Å². The van der Waals surface area contributed by atoms with Gasteiger partial charge in [-0.25, -0.2) is 9.59 Å². The zero-order valence-electron chi connectivity index (χ0n) is 12.5. The largest absolute Gasteiger partial charge is 0.475 e. The lowest BCUT2D eigenvalue weighted by Gasteiger charge is -2.20. The molecule has 0 aromatic heterocycles. The summed E-state index contributed by atoms with van der Waals surface area (Å²) in [4.78, 5) is 33.5. The lowest BCUT2D eigenvalue weighted by atomic mass is 10.1. The first kappa shape index (κ1) is 16.7. The molecular formula is C15H19NO5. The number of carboxylic acid groups (broad SMARTS) is 1. The van der Waals surface area contributed by atoms with Crippen molar-refractivity contribution in [1.29, 1.82) is 0 Å². The smallest absolute Gasteiger partial charge is 0.412 e. The number of carbonyl (C=O) groups is 3. The SMILES string of the molecule is Cc1ccc(CC(=O)C(=O)O)cc1NC(=O)OC(C)(C)C. The third kappa shape index (κ3) is 5.64. The van der Waals surface area contributed by atoms with E-state index in [1.807, 2.05) is 0 Å². The summed E-state index contributed by atoms with van der Waals surface area (Å²) in [6.45, 7) is 7.04. The van der Waals surface area contributed by atoms with Gasteiger partial charge >= 0.3 is 12.1 Å². The fourth-order valence-electron chi connectivity index (χ4n) is 1.59. The van der Waals surface area contributed by atoms with Crippen LogP contribution in [0, 0.1) is 6.92 Å². The Morgan fingerprint density at radius 2 is 1.86 bits per heavy atom. The Hall–Kier alpha value is -2.37. The Labute approximate surface area is 123 Å². The molecule has 0 heterocycles. The molecule has 0 aliphatic carbocycles. The van der Waals surface area contributed by atoms with Crippen molar-refractivity contribution >= 4 is 23.5 Å². The van der Waals surface area contributed by atoms with Crippen LogP contribution >= 0.6 is 0 Å². The summed E-state index contributed by atoms with van der Waals surface area (Å²) in [5, 5.41) is 11.2. The summed E-state index contributed by atoms with van der Waals surface area (Å²) < 4.78 is 5.14. The molecule has 1 aromatic carbocycles. The molecule has 0 aliphatic rings. The number of hydrogen-bond donors (Lipinski definition) is 2. The van der Waals surface area contributed by atoms with Gasteiger partial charge < -0.3 is 9.84 Å². The van der Waals surface area contributed by atoms with Gasteiger partial charge in [0, 0.05) is 12.1 Å². The molecule has 1 amide bonds. The van der Waals surface area contributed by atoms with Crippen LogP contribution in [0.25, 0.3) is 0 Å². The molecule has 6 nitrogen and oxygen atoms in total. The van der Waals surface area contributed by atoms with Gasteiger partial charge in [-0.2, -0.15) is 0 Å². The van der Waals surface area contributed by atoms with Crippen LogP contribution in [0.3, 0.4) is 0 Å². The van der Waals surface area contributed by atoms with Crippen molar-refractivity contribution in [2.24, 2.45) is 0 Å². The van der Waals surface area contributed by atoms with Crippen LogP contribution in [0.1, 0.15) is 31.9 Å². The zero-order valence-corrected chi connectivity index (χ0v) is 12.5. The van der Waals surface area contributed by atoms with Crippen LogP contribution < -0.4 is 5.32 Å². The van der Waals surface area contributed by atoms with Gasteiger partial charge in [0.05, 0.1) is 0 Å². The second-order valence-corrected chi connectivity index (χ2v) is 5.68. The third-order valence-electron chi connectivity index (χ3n) is 2.54. The normalized spacial score (nSPS) is 10.9. The van der Waals surface area contributed by atoms with Gasteiger partial charge in [-0.3, -0.25) is 10.1 Å². The third-order valence-corrected chi connectivity index (χ3v) is 2.54. The summed E-state index contributed by atoms with van der Waals surface area (Å²) >= 11 is 0. The highest BCUT2D eigenvalue weighted by Crippen LogP contribution is 2.19. The topological polar surface area (TPSA) is 92.7 Å². The van der Waals surface area contributed by atoms with Gasteiger partial charge in [-0.05, 0) is 44.9 Å². The molecule has 21 heavy (non-hydrogen) atoms. The fraction of sp³-hybridized carbons (Fsp3) is 0.400. The summed E-state index contributed by atoms with van der Waals surface area (Å²) in [7, 11) is 0. The second kappa shape index (κ2) is 6.39. The number of hydrogen-bond acceptors (Lipinski definition) is 4. The first-order valence-electron chi connectivity index (χ1n) is 6.44. The van der Waals surface area contributed by atoms with Crippen LogP contribution in [-0.4, -0.2) is 28.6 Å². The van der Waals surface area contributed by atoms with E-state index in [0.717, 1.165) is 5.56 Å². The van der Waals surface area contributed by atoms with E-state index < -0.39 is 23.4 Å². The van der Waals surface area contributed by atoms with Crippen molar-refractivity contribution in [1.82, 2.24) is 0 Å². The van der Waals surface area contributed by atoms with Gasteiger partial charge in [0.2, 0.25) is 5.78 Å². The molecule has 0 fully saturated rings. The average Bonchev–Trinajstić information content (AvgIpc) is 2.30. The molecule has 0 bridgehead atoms. The predicted molar refractivity (Wildman–Crippen MR) is 77.4 cm³/mol. The number of nitrogens with one attached hydrogen (secondary N) is 1. The molecule has 6 heteroatoms. The predicted octanol–water partition coefficient (Wildman–Crippen LogP) is 2.54. The van der Waals surface area contributed by atoms with Crippen molar-refractivity contribution in [3.63, 3.8) is 0 Å². The fourth-order valence-corrected chi connectivity index (χ4v) is 1.59. The number of benzene rings is 1. The maximum Gasteiger partial charge on any atom is 0.412 e. The zero-order chi connectivity index (χ0) is 16.2. The van der Waals surface area contributed by atoms with Crippen molar-refractivity contribution in [3.05, 3.63) is 29.3 Å². The van der Waals surface area contributed by atoms with Gasteiger partial charge in [0.15, 0.2) is 0 Å². The number of amides is 1. The number of anilines is 1.